The van der Waals surface area contributed by atoms with E-state index in [0.29, 0.717) is 42.9 Å². The Balaban J connectivity index is 1.27. The van der Waals surface area contributed by atoms with Gasteiger partial charge in [-0.1, -0.05) is 63.3 Å². The first-order valence-corrected chi connectivity index (χ1v) is 14.7. The molecule has 7 nitrogen and oxygen atoms in total. The lowest BCUT2D eigenvalue weighted by Crippen LogP contribution is -2.51. The highest BCUT2D eigenvalue weighted by Gasteiger charge is 2.31. The minimum atomic E-state index is -3.47. The summed E-state index contributed by atoms with van der Waals surface area (Å²) in [5, 5.41) is 8.40. The quantitative estimate of drug-likeness (QED) is 0.551. The fourth-order valence-electron chi connectivity index (χ4n) is 4.96. The van der Waals surface area contributed by atoms with Gasteiger partial charge in [-0.3, -0.25) is 0 Å². The van der Waals surface area contributed by atoms with Crippen molar-refractivity contribution in [2.24, 2.45) is 11.8 Å². The van der Waals surface area contributed by atoms with Crippen LogP contribution in [0, 0.1) is 11.8 Å². The van der Waals surface area contributed by atoms with Crippen LogP contribution in [0.2, 0.25) is 0 Å². The fourth-order valence-corrected chi connectivity index (χ4v) is 7.53. The number of hydrogen-bond acceptors (Lipinski definition) is 5. The first-order chi connectivity index (χ1) is 16.4. The summed E-state index contributed by atoms with van der Waals surface area (Å²) in [5.74, 6) is 1.47. The minimum absolute atomic E-state index is 0.184. The van der Waals surface area contributed by atoms with Gasteiger partial charge in [0.25, 0.3) is 10.0 Å². The molecule has 2 N–H and O–H groups in total. The molecule has 2 heterocycles. The van der Waals surface area contributed by atoms with Gasteiger partial charge in [-0.05, 0) is 41.5 Å². The number of sulfonamides is 1. The second-order valence-electron chi connectivity index (χ2n) is 9.42. The van der Waals surface area contributed by atoms with Gasteiger partial charge in [0.15, 0.2) is 0 Å². The standard InChI is InChI=1S/C25H36N4O3S2/c1-20(21-8-3-2-4-9-21)18-26-19-22-10-5-6-11-23(22)27-25(30)28-13-15-29(16-14-28)34(31,32)24-12-7-17-33-24/h5-7,10-12,17,20-21,26H,2-4,8-9,13-16,18-19H2,1H3,(H,27,30). The van der Waals surface area contributed by atoms with Crippen LogP contribution in [0.3, 0.4) is 0 Å². The van der Waals surface area contributed by atoms with Gasteiger partial charge in [-0.15, -0.1) is 11.3 Å². The van der Waals surface area contributed by atoms with Crippen molar-refractivity contribution >= 4 is 33.1 Å². The van der Waals surface area contributed by atoms with Crippen LogP contribution in [-0.4, -0.2) is 56.4 Å². The van der Waals surface area contributed by atoms with Crippen LogP contribution in [0.5, 0.6) is 0 Å². The number of para-hydroxylation sites is 1. The van der Waals surface area contributed by atoms with Crippen molar-refractivity contribution < 1.29 is 13.2 Å². The molecule has 0 radical (unpaired) electrons. The molecule has 1 aromatic heterocycles. The van der Waals surface area contributed by atoms with Crippen molar-refractivity contribution in [3.05, 3.63) is 47.3 Å². The van der Waals surface area contributed by atoms with E-state index >= 15 is 0 Å². The zero-order valence-electron chi connectivity index (χ0n) is 19.9. The normalized spacial score (nSPS) is 19.1. The van der Waals surface area contributed by atoms with Crippen molar-refractivity contribution in [2.45, 2.75) is 49.8 Å². The smallest absolute Gasteiger partial charge is 0.321 e. The molecular formula is C25H36N4O3S2. The summed E-state index contributed by atoms with van der Waals surface area (Å²) >= 11 is 1.22. The third kappa shape index (κ3) is 6.19. The van der Waals surface area contributed by atoms with Crippen LogP contribution < -0.4 is 10.6 Å². The summed E-state index contributed by atoms with van der Waals surface area (Å²) in [5.41, 5.74) is 1.87. The molecule has 1 saturated carbocycles. The maximum atomic E-state index is 12.9. The highest BCUT2D eigenvalue weighted by molar-refractivity contribution is 7.91. The Kier molecular flexibility index (Phi) is 8.63. The van der Waals surface area contributed by atoms with Gasteiger partial charge in [0.1, 0.15) is 4.21 Å². The highest BCUT2D eigenvalue weighted by atomic mass is 32.2. The molecule has 2 aliphatic rings. The summed E-state index contributed by atoms with van der Waals surface area (Å²) in [6, 6.07) is 11.1. The van der Waals surface area contributed by atoms with Crippen LogP contribution >= 0.6 is 11.3 Å². The average molecular weight is 505 g/mol. The zero-order chi connectivity index (χ0) is 24.0. The Bertz CT molecular complexity index is 1030. The van der Waals surface area contributed by atoms with E-state index in [4.69, 9.17) is 0 Å². The van der Waals surface area contributed by atoms with E-state index in [1.165, 1.54) is 47.7 Å². The number of benzene rings is 1. The summed E-state index contributed by atoms with van der Waals surface area (Å²) in [4.78, 5) is 14.6. The van der Waals surface area contributed by atoms with Gasteiger partial charge in [-0.25, -0.2) is 13.2 Å². The number of amides is 2. The van der Waals surface area contributed by atoms with E-state index in [1.54, 1.807) is 22.4 Å². The largest absolute Gasteiger partial charge is 0.322 e. The van der Waals surface area contributed by atoms with Crippen molar-refractivity contribution in [1.29, 1.82) is 0 Å². The number of piperazine rings is 1. The lowest BCUT2D eigenvalue weighted by atomic mass is 9.81. The summed E-state index contributed by atoms with van der Waals surface area (Å²) in [6.45, 7) is 5.38. The van der Waals surface area contributed by atoms with Crippen LogP contribution in [0.25, 0.3) is 0 Å². The molecule has 0 spiro atoms. The SMILES string of the molecule is CC(CNCc1ccccc1NC(=O)N1CCN(S(=O)(=O)c2cccs2)CC1)C1CCCCC1. The summed E-state index contributed by atoms with van der Waals surface area (Å²) < 4.78 is 27.3. The minimum Gasteiger partial charge on any atom is -0.322 e. The molecule has 1 aliphatic carbocycles. The molecule has 1 atom stereocenters. The molecule has 1 unspecified atom stereocenters. The molecule has 1 aliphatic heterocycles. The Morgan fingerprint density at radius 2 is 1.79 bits per heavy atom. The van der Waals surface area contributed by atoms with Gasteiger partial charge in [-0.2, -0.15) is 4.31 Å². The molecule has 34 heavy (non-hydrogen) atoms. The first kappa shape index (κ1) is 25.2. The number of rotatable bonds is 8. The van der Waals surface area contributed by atoms with Crippen LogP contribution in [-0.2, 0) is 16.6 Å². The van der Waals surface area contributed by atoms with Gasteiger partial charge in [0.05, 0.1) is 0 Å². The zero-order valence-corrected chi connectivity index (χ0v) is 21.5. The predicted octanol–water partition coefficient (Wildman–Crippen LogP) is 4.59. The Morgan fingerprint density at radius 3 is 2.50 bits per heavy atom. The lowest BCUT2D eigenvalue weighted by Gasteiger charge is -2.33. The van der Waals surface area contributed by atoms with E-state index < -0.39 is 10.0 Å². The number of urea groups is 1. The molecule has 0 bridgehead atoms. The topological polar surface area (TPSA) is 81.8 Å². The van der Waals surface area contributed by atoms with Gasteiger partial charge in [0, 0.05) is 38.4 Å². The maximum Gasteiger partial charge on any atom is 0.321 e. The van der Waals surface area contributed by atoms with Gasteiger partial charge < -0.3 is 15.5 Å². The van der Waals surface area contributed by atoms with Gasteiger partial charge >= 0.3 is 6.03 Å². The Morgan fingerprint density at radius 1 is 1.06 bits per heavy atom. The van der Waals surface area contributed by atoms with E-state index in [-0.39, 0.29) is 6.03 Å². The molecule has 2 fully saturated rings. The number of nitrogens with zero attached hydrogens (tertiary/aromatic N) is 2. The summed E-state index contributed by atoms with van der Waals surface area (Å²) in [6.07, 6.45) is 6.79. The van der Waals surface area contributed by atoms with E-state index in [1.807, 2.05) is 24.3 Å². The molecule has 2 aromatic rings. The maximum absolute atomic E-state index is 12.9. The molecule has 1 saturated heterocycles. The van der Waals surface area contributed by atoms with E-state index in [9.17, 15) is 13.2 Å². The number of anilines is 1. The first-order valence-electron chi connectivity index (χ1n) is 12.3. The third-order valence-corrected chi connectivity index (χ3v) is 10.4. The Labute approximate surface area is 207 Å². The molecule has 1 aromatic carbocycles. The number of nitrogens with one attached hydrogen (secondary N) is 2. The molecular weight excluding hydrogens is 468 g/mol. The molecule has 2 amide bonds. The van der Waals surface area contributed by atoms with E-state index in [0.717, 1.165) is 23.7 Å². The monoisotopic (exact) mass is 504 g/mol. The number of hydrogen-bond donors (Lipinski definition) is 2. The van der Waals surface area contributed by atoms with Gasteiger partial charge in [0.2, 0.25) is 0 Å². The van der Waals surface area contributed by atoms with Crippen LogP contribution in [0.1, 0.15) is 44.6 Å². The van der Waals surface area contributed by atoms with Crippen LogP contribution in [0.4, 0.5) is 10.5 Å². The van der Waals surface area contributed by atoms with Crippen molar-refractivity contribution in [3.8, 4) is 0 Å². The molecule has 186 valence electrons. The number of carbonyl (C=O) groups excluding carboxylic acids is 1. The summed E-state index contributed by atoms with van der Waals surface area (Å²) in [7, 11) is -3.47. The lowest BCUT2D eigenvalue weighted by molar-refractivity contribution is 0.184. The highest BCUT2D eigenvalue weighted by Crippen LogP contribution is 2.29. The fraction of sp³-hybridized carbons (Fsp3) is 0.560. The van der Waals surface area contributed by atoms with E-state index in [2.05, 4.69) is 17.6 Å². The average Bonchev–Trinajstić information content (AvgIpc) is 3.42. The predicted molar refractivity (Wildman–Crippen MR) is 138 cm³/mol. The molecule has 4 rings (SSSR count). The number of thiophene rings is 1. The van der Waals surface area contributed by atoms with Crippen molar-refractivity contribution in [1.82, 2.24) is 14.5 Å². The second kappa shape index (κ2) is 11.7. The third-order valence-electron chi connectivity index (χ3n) is 7.11. The molecule has 9 heteroatoms. The van der Waals surface area contributed by atoms with Crippen LogP contribution in [0.15, 0.2) is 46.0 Å². The van der Waals surface area contributed by atoms with Crippen molar-refractivity contribution in [2.75, 3.05) is 38.0 Å². The number of carbonyl (C=O) groups is 1. The second-order valence-corrected chi connectivity index (χ2v) is 12.5. The Hall–Kier alpha value is -1.94. The van der Waals surface area contributed by atoms with Crippen molar-refractivity contribution in [3.63, 3.8) is 0 Å².